The highest BCUT2D eigenvalue weighted by Gasteiger charge is 2.44. The van der Waals surface area contributed by atoms with Crippen molar-refractivity contribution in [2.24, 2.45) is 11.8 Å². The summed E-state index contributed by atoms with van der Waals surface area (Å²) in [5.41, 5.74) is 1.79. The van der Waals surface area contributed by atoms with Crippen molar-refractivity contribution in [3.63, 3.8) is 0 Å². The highest BCUT2D eigenvalue weighted by molar-refractivity contribution is 5.37. The third-order valence-electron chi connectivity index (χ3n) is 7.72. The van der Waals surface area contributed by atoms with E-state index in [1.807, 2.05) is 6.08 Å². The number of ether oxygens (including phenoxy) is 1. The zero-order valence-corrected chi connectivity index (χ0v) is 19.4. The number of hydrogen-bond acceptors (Lipinski definition) is 1. The van der Waals surface area contributed by atoms with Crippen LogP contribution in [0.1, 0.15) is 81.8 Å². The van der Waals surface area contributed by atoms with Crippen LogP contribution in [0.4, 0.5) is 17.6 Å². The van der Waals surface area contributed by atoms with Crippen molar-refractivity contribution < 1.29 is 22.3 Å². The number of aryl methyl sites for hydroxylation is 1. The first kappa shape index (κ1) is 25.8. The molecule has 0 heterocycles. The van der Waals surface area contributed by atoms with E-state index < -0.39 is 24.1 Å². The second-order valence-corrected chi connectivity index (χ2v) is 9.91. The van der Waals surface area contributed by atoms with Crippen LogP contribution in [-0.2, 0) is 16.6 Å². The van der Waals surface area contributed by atoms with Gasteiger partial charge in [0.25, 0.3) is 6.36 Å². The minimum absolute atomic E-state index is 0.317. The number of alkyl halides is 4. The van der Waals surface area contributed by atoms with Gasteiger partial charge in [0.2, 0.25) is 0 Å². The van der Waals surface area contributed by atoms with Gasteiger partial charge in [-0.15, -0.1) is 13.0 Å². The molecule has 0 radical (unpaired) electrons. The number of terminal acetylenes is 1. The Labute approximate surface area is 196 Å². The highest BCUT2D eigenvalue weighted by Crippen LogP contribution is 2.41. The molecule has 2 fully saturated rings. The zero-order valence-electron chi connectivity index (χ0n) is 19.4. The molecule has 2 aliphatic carbocycles. The van der Waals surface area contributed by atoms with Gasteiger partial charge in [-0.1, -0.05) is 61.9 Å². The van der Waals surface area contributed by atoms with E-state index in [4.69, 9.17) is 6.42 Å². The van der Waals surface area contributed by atoms with E-state index in [1.165, 1.54) is 44.1 Å². The van der Waals surface area contributed by atoms with Crippen LogP contribution in [0.2, 0.25) is 0 Å². The van der Waals surface area contributed by atoms with E-state index >= 15 is 0 Å². The lowest BCUT2D eigenvalue weighted by Crippen LogP contribution is -2.37. The SMILES string of the molecule is C#CC1(c2ccc(CCC3CCC(CCC=C)CC3)cc2)CCC(OC(F)C(F)(F)F)CC1. The molecule has 1 aromatic rings. The van der Waals surface area contributed by atoms with Gasteiger partial charge in [0, 0.05) is 0 Å². The lowest BCUT2D eigenvalue weighted by atomic mass is 9.69. The molecule has 2 saturated carbocycles. The molecule has 3 rings (SSSR count). The van der Waals surface area contributed by atoms with Crippen molar-refractivity contribution in [2.75, 3.05) is 0 Å². The Hall–Kier alpha value is -1.80. The van der Waals surface area contributed by atoms with E-state index in [1.54, 1.807) is 0 Å². The van der Waals surface area contributed by atoms with Crippen LogP contribution < -0.4 is 0 Å². The standard InChI is InChI=1S/C28H36F4O/c1-3-5-6-21-7-9-22(10-8-21)11-12-23-13-15-24(16-14-23)27(4-2)19-17-25(18-20-27)33-26(29)28(30,31)32/h2-3,13-16,21-22,25-26H,1,5-12,17-20H2. The smallest absolute Gasteiger partial charge is 0.338 e. The summed E-state index contributed by atoms with van der Waals surface area (Å²) in [6.45, 7) is 3.82. The van der Waals surface area contributed by atoms with Crippen LogP contribution in [0.15, 0.2) is 36.9 Å². The minimum Gasteiger partial charge on any atom is -0.338 e. The third-order valence-corrected chi connectivity index (χ3v) is 7.72. The van der Waals surface area contributed by atoms with Gasteiger partial charge in [0.05, 0.1) is 11.5 Å². The molecule has 1 atom stereocenters. The molecule has 0 bridgehead atoms. The number of hydrogen-bond donors (Lipinski definition) is 0. The molecular weight excluding hydrogens is 428 g/mol. The number of halogens is 4. The summed E-state index contributed by atoms with van der Waals surface area (Å²) < 4.78 is 55.1. The Bertz CT molecular complexity index is 776. The maximum absolute atomic E-state index is 13.2. The van der Waals surface area contributed by atoms with Crippen molar-refractivity contribution >= 4 is 0 Å². The van der Waals surface area contributed by atoms with Gasteiger partial charge in [0.15, 0.2) is 0 Å². The minimum atomic E-state index is -4.98. The highest BCUT2D eigenvalue weighted by atomic mass is 19.4. The van der Waals surface area contributed by atoms with Crippen molar-refractivity contribution in [1.29, 1.82) is 0 Å². The molecule has 33 heavy (non-hydrogen) atoms. The van der Waals surface area contributed by atoms with Gasteiger partial charge in [-0.05, 0) is 74.3 Å². The van der Waals surface area contributed by atoms with Gasteiger partial charge in [-0.3, -0.25) is 0 Å². The van der Waals surface area contributed by atoms with Gasteiger partial charge in [-0.2, -0.15) is 13.2 Å². The average Bonchev–Trinajstić information content (AvgIpc) is 2.82. The quantitative estimate of drug-likeness (QED) is 0.204. The van der Waals surface area contributed by atoms with E-state index in [0.717, 1.165) is 30.2 Å². The Morgan fingerprint density at radius 1 is 1.03 bits per heavy atom. The lowest BCUT2D eigenvalue weighted by Gasteiger charge is -2.37. The Kier molecular flexibility index (Phi) is 9.04. The number of rotatable bonds is 9. The Morgan fingerprint density at radius 2 is 1.61 bits per heavy atom. The summed E-state index contributed by atoms with van der Waals surface area (Å²) in [7, 11) is 0. The van der Waals surface area contributed by atoms with Crippen molar-refractivity contribution in [3.8, 4) is 12.3 Å². The molecule has 0 spiro atoms. The van der Waals surface area contributed by atoms with Gasteiger partial charge < -0.3 is 4.74 Å². The third kappa shape index (κ3) is 7.09. The first-order valence-electron chi connectivity index (χ1n) is 12.3. The topological polar surface area (TPSA) is 9.23 Å². The van der Waals surface area contributed by atoms with Crippen molar-refractivity contribution in [1.82, 2.24) is 0 Å². The number of allylic oxidation sites excluding steroid dienone is 1. The molecule has 0 N–H and O–H groups in total. The normalized spacial score (nSPS) is 29.2. The summed E-state index contributed by atoms with van der Waals surface area (Å²) in [4.78, 5) is 0. The molecular formula is C28H36F4O. The van der Waals surface area contributed by atoms with Crippen LogP contribution in [0.3, 0.4) is 0 Å². The first-order valence-corrected chi connectivity index (χ1v) is 12.3. The molecule has 5 heteroatoms. The van der Waals surface area contributed by atoms with Crippen molar-refractivity contribution in [3.05, 3.63) is 48.0 Å². The monoisotopic (exact) mass is 464 g/mol. The van der Waals surface area contributed by atoms with Crippen LogP contribution >= 0.6 is 0 Å². The molecule has 182 valence electrons. The summed E-state index contributed by atoms with van der Waals surface area (Å²) in [5, 5.41) is 0. The summed E-state index contributed by atoms with van der Waals surface area (Å²) in [6.07, 6.45) is 10.5. The second-order valence-electron chi connectivity index (χ2n) is 9.91. The van der Waals surface area contributed by atoms with Crippen LogP contribution in [0, 0.1) is 24.2 Å². The Balaban J connectivity index is 1.48. The first-order chi connectivity index (χ1) is 15.8. The predicted molar refractivity (Wildman–Crippen MR) is 124 cm³/mol. The predicted octanol–water partition coefficient (Wildman–Crippen LogP) is 8.08. The second kappa shape index (κ2) is 11.6. The van der Waals surface area contributed by atoms with E-state index in [-0.39, 0.29) is 0 Å². The molecule has 2 aliphatic rings. The summed E-state index contributed by atoms with van der Waals surface area (Å²) >= 11 is 0. The Morgan fingerprint density at radius 3 is 2.12 bits per heavy atom. The zero-order chi connectivity index (χ0) is 23.9. The largest absolute Gasteiger partial charge is 0.445 e. The summed E-state index contributed by atoms with van der Waals surface area (Å²) in [6, 6.07) is 8.40. The fourth-order valence-electron chi connectivity index (χ4n) is 5.51. The van der Waals surface area contributed by atoms with Gasteiger partial charge in [-0.25, -0.2) is 4.39 Å². The van der Waals surface area contributed by atoms with E-state index in [0.29, 0.717) is 25.7 Å². The van der Waals surface area contributed by atoms with Crippen LogP contribution in [0.5, 0.6) is 0 Å². The van der Waals surface area contributed by atoms with Crippen LogP contribution in [-0.4, -0.2) is 18.6 Å². The molecule has 1 unspecified atom stereocenters. The van der Waals surface area contributed by atoms with E-state index in [2.05, 4.69) is 41.5 Å². The van der Waals surface area contributed by atoms with E-state index in [9.17, 15) is 17.6 Å². The molecule has 0 aliphatic heterocycles. The number of benzene rings is 1. The van der Waals surface area contributed by atoms with Crippen LogP contribution in [0.25, 0.3) is 0 Å². The fourth-order valence-corrected chi connectivity index (χ4v) is 5.51. The maximum Gasteiger partial charge on any atom is 0.445 e. The fraction of sp³-hybridized carbons (Fsp3) is 0.643. The van der Waals surface area contributed by atoms with Crippen molar-refractivity contribution in [2.45, 2.75) is 101 Å². The summed E-state index contributed by atoms with van der Waals surface area (Å²) in [5.74, 6) is 4.55. The average molecular weight is 465 g/mol. The maximum atomic E-state index is 13.2. The molecule has 0 saturated heterocycles. The molecule has 1 nitrogen and oxygen atoms in total. The lowest BCUT2D eigenvalue weighted by molar-refractivity contribution is -0.279. The van der Waals surface area contributed by atoms with Gasteiger partial charge >= 0.3 is 6.18 Å². The molecule has 0 aromatic heterocycles. The molecule has 0 amide bonds. The van der Waals surface area contributed by atoms with Gasteiger partial charge in [0.1, 0.15) is 0 Å². The molecule has 1 aromatic carbocycles.